The first-order valence-corrected chi connectivity index (χ1v) is 4.65. The zero-order valence-corrected chi connectivity index (χ0v) is 8.94. The van der Waals surface area contributed by atoms with E-state index in [9.17, 15) is 4.79 Å². The summed E-state index contributed by atoms with van der Waals surface area (Å²) in [5.74, 6) is -0.0742. The average Bonchev–Trinajstić information content (AvgIpc) is 2.56. The second kappa shape index (κ2) is 3.38. The molecule has 0 N–H and O–H groups in total. The van der Waals surface area contributed by atoms with Crippen molar-refractivity contribution in [2.45, 2.75) is 6.92 Å². The number of fused-ring (bicyclic) bond motifs is 1. The van der Waals surface area contributed by atoms with Crippen LogP contribution in [0.5, 0.6) is 0 Å². The molecule has 15 heavy (non-hydrogen) atoms. The van der Waals surface area contributed by atoms with E-state index in [2.05, 4.69) is 9.72 Å². The predicted molar refractivity (Wildman–Crippen MR) is 56.8 cm³/mol. The van der Waals surface area contributed by atoms with Gasteiger partial charge in [-0.15, -0.1) is 0 Å². The summed E-state index contributed by atoms with van der Waals surface area (Å²) in [6, 6.07) is 5.80. The number of rotatable bonds is 1. The van der Waals surface area contributed by atoms with Crippen molar-refractivity contribution >= 4 is 17.0 Å². The van der Waals surface area contributed by atoms with Gasteiger partial charge in [0.1, 0.15) is 0 Å². The molecule has 1 aromatic heterocycles. The highest BCUT2D eigenvalue weighted by molar-refractivity contribution is 5.91. The number of para-hydroxylation sites is 1. The topological polar surface area (TPSA) is 44.1 Å². The van der Waals surface area contributed by atoms with Gasteiger partial charge < -0.3 is 9.30 Å². The van der Waals surface area contributed by atoms with E-state index in [1.807, 2.05) is 32.2 Å². The van der Waals surface area contributed by atoms with Crippen molar-refractivity contribution < 1.29 is 9.53 Å². The number of nitrogens with zero attached hydrogens (tertiary/aromatic N) is 2. The normalized spacial score (nSPS) is 10.6. The molecule has 0 spiro atoms. The number of methoxy groups -OCH3 is 1. The van der Waals surface area contributed by atoms with E-state index in [1.54, 1.807) is 4.57 Å². The molecule has 0 amide bonds. The molecule has 78 valence electrons. The molecular weight excluding hydrogens is 192 g/mol. The number of esters is 1. The summed E-state index contributed by atoms with van der Waals surface area (Å²) in [4.78, 5) is 15.6. The molecule has 0 atom stereocenters. The molecule has 2 aromatic rings. The number of benzene rings is 1. The third-order valence-electron chi connectivity index (χ3n) is 2.46. The Bertz CT molecular complexity index is 529. The van der Waals surface area contributed by atoms with Crippen molar-refractivity contribution in [2.75, 3.05) is 7.11 Å². The summed E-state index contributed by atoms with van der Waals surface area (Å²) in [7, 11) is 3.17. The van der Waals surface area contributed by atoms with Crippen LogP contribution in [-0.4, -0.2) is 22.6 Å². The second-order valence-electron chi connectivity index (χ2n) is 3.43. The maximum Gasteiger partial charge on any atom is 0.374 e. The van der Waals surface area contributed by atoms with Gasteiger partial charge in [-0.1, -0.05) is 12.1 Å². The van der Waals surface area contributed by atoms with Crippen LogP contribution in [-0.2, 0) is 11.8 Å². The van der Waals surface area contributed by atoms with Gasteiger partial charge in [-0.2, -0.15) is 0 Å². The van der Waals surface area contributed by atoms with Crippen LogP contribution in [0.1, 0.15) is 16.2 Å². The summed E-state index contributed by atoms with van der Waals surface area (Å²) in [5, 5.41) is 0. The highest BCUT2D eigenvalue weighted by atomic mass is 16.5. The van der Waals surface area contributed by atoms with E-state index in [4.69, 9.17) is 0 Å². The van der Waals surface area contributed by atoms with Crippen LogP contribution >= 0.6 is 0 Å². The third kappa shape index (κ3) is 1.38. The first kappa shape index (κ1) is 9.71. The Morgan fingerprint density at radius 2 is 2.20 bits per heavy atom. The van der Waals surface area contributed by atoms with Crippen molar-refractivity contribution in [1.82, 2.24) is 9.55 Å². The summed E-state index contributed by atoms with van der Waals surface area (Å²) < 4.78 is 6.42. The number of hydrogen-bond donors (Lipinski definition) is 0. The molecule has 0 radical (unpaired) electrons. The molecule has 2 rings (SSSR count). The van der Waals surface area contributed by atoms with Crippen LogP contribution in [0.3, 0.4) is 0 Å². The van der Waals surface area contributed by atoms with Crippen molar-refractivity contribution in [3.63, 3.8) is 0 Å². The lowest BCUT2D eigenvalue weighted by molar-refractivity contribution is 0.0583. The van der Waals surface area contributed by atoms with Gasteiger partial charge in [0.15, 0.2) is 0 Å². The molecule has 0 saturated carbocycles. The highest BCUT2D eigenvalue weighted by Crippen LogP contribution is 2.18. The summed E-state index contributed by atoms with van der Waals surface area (Å²) in [6.45, 7) is 1.99. The summed E-state index contributed by atoms with van der Waals surface area (Å²) in [5.41, 5.74) is 2.88. The zero-order chi connectivity index (χ0) is 11.0. The third-order valence-corrected chi connectivity index (χ3v) is 2.46. The minimum Gasteiger partial charge on any atom is -0.463 e. The zero-order valence-electron chi connectivity index (χ0n) is 8.94. The summed E-state index contributed by atoms with van der Waals surface area (Å²) in [6.07, 6.45) is 0. The first-order chi connectivity index (χ1) is 7.15. The fraction of sp³-hybridized carbons (Fsp3) is 0.273. The van der Waals surface area contributed by atoms with E-state index in [-0.39, 0.29) is 0 Å². The Labute approximate surface area is 87.5 Å². The Hall–Kier alpha value is -1.84. The molecule has 4 nitrogen and oxygen atoms in total. The quantitative estimate of drug-likeness (QED) is 0.664. The van der Waals surface area contributed by atoms with E-state index in [0.717, 1.165) is 16.6 Å². The van der Waals surface area contributed by atoms with Crippen LogP contribution in [0.2, 0.25) is 0 Å². The van der Waals surface area contributed by atoms with E-state index >= 15 is 0 Å². The van der Waals surface area contributed by atoms with Gasteiger partial charge in [-0.3, -0.25) is 0 Å². The molecule has 1 heterocycles. The summed E-state index contributed by atoms with van der Waals surface area (Å²) >= 11 is 0. The SMILES string of the molecule is COC(=O)c1nc2cccc(C)c2n1C. The lowest BCUT2D eigenvalue weighted by Gasteiger charge is -2.01. The smallest absolute Gasteiger partial charge is 0.374 e. The minimum absolute atomic E-state index is 0.335. The number of hydrogen-bond acceptors (Lipinski definition) is 3. The number of carbonyl (C=O) groups excluding carboxylic acids is 1. The Morgan fingerprint density at radius 1 is 1.47 bits per heavy atom. The molecular formula is C11H12N2O2. The van der Waals surface area contributed by atoms with Gasteiger partial charge >= 0.3 is 5.97 Å². The lowest BCUT2D eigenvalue weighted by atomic mass is 10.2. The molecule has 0 unspecified atom stereocenters. The van der Waals surface area contributed by atoms with Gasteiger partial charge in [-0.25, -0.2) is 9.78 Å². The molecule has 0 bridgehead atoms. The Morgan fingerprint density at radius 3 is 2.80 bits per heavy atom. The van der Waals surface area contributed by atoms with Crippen LogP contribution in [0.15, 0.2) is 18.2 Å². The molecule has 4 heteroatoms. The number of carbonyl (C=O) groups is 1. The molecule has 0 aliphatic rings. The highest BCUT2D eigenvalue weighted by Gasteiger charge is 2.16. The van der Waals surface area contributed by atoms with Crippen LogP contribution in [0, 0.1) is 6.92 Å². The van der Waals surface area contributed by atoms with Gasteiger partial charge in [0.05, 0.1) is 18.1 Å². The van der Waals surface area contributed by atoms with Gasteiger partial charge in [0.2, 0.25) is 5.82 Å². The van der Waals surface area contributed by atoms with Gasteiger partial charge in [-0.05, 0) is 18.6 Å². The van der Waals surface area contributed by atoms with Gasteiger partial charge in [0.25, 0.3) is 0 Å². The second-order valence-corrected chi connectivity index (χ2v) is 3.43. The predicted octanol–water partition coefficient (Wildman–Crippen LogP) is 1.67. The molecule has 0 aliphatic carbocycles. The van der Waals surface area contributed by atoms with Crippen LogP contribution in [0.25, 0.3) is 11.0 Å². The van der Waals surface area contributed by atoms with Crippen molar-refractivity contribution in [1.29, 1.82) is 0 Å². The first-order valence-electron chi connectivity index (χ1n) is 4.65. The van der Waals surface area contributed by atoms with Gasteiger partial charge in [0, 0.05) is 7.05 Å². The largest absolute Gasteiger partial charge is 0.463 e. The van der Waals surface area contributed by atoms with Crippen molar-refractivity contribution in [3.8, 4) is 0 Å². The number of imidazole rings is 1. The average molecular weight is 204 g/mol. The lowest BCUT2D eigenvalue weighted by Crippen LogP contribution is -2.09. The number of aromatic nitrogens is 2. The Kier molecular flexibility index (Phi) is 2.19. The standard InChI is InChI=1S/C11H12N2O2/c1-7-5-4-6-8-9(7)13(2)10(12-8)11(14)15-3/h4-6H,1-3H3. The number of aryl methyl sites for hydroxylation is 2. The molecule has 1 aromatic carbocycles. The maximum atomic E-state index is 11.4. The Balaban J connectivity index is 2.75. The van der Waals surface area contributed by atoms with Crippen molar-refractivity contribution in [3.05, 3.63) is 29.6 Å². The van der Waals surface area contributed by atoms with E-state index in [1.165, 1.54) is 7.11 Å². The molecule has 0 fully saturated rings. The van der Waals surface area contributed by atoms with E-state index in [0.29, 0.717) is 5.82 Å². The fourth-order valence-electron chi connectivity index (χ4n) is 1.74. The molecule has 0 saturated heterocycles. The van der Waals surface area contributed by atoms with Crippen molar-refractivity contribution in [2.24, 2.45) is 7.05 Å². The number of ether oxygens (including phenoxy) is 1. The van der Waals surface area contributed by atoms with Crippen LogP contribution in [0.4, 0.5) is 0 Å². The minimum atomic E-state index is -0.409. The monoisotopic (exact) mass is 204 g/mol. The molecule has 0 aliphatic heterocycles. The fourth-order valence-corrected chi connectivity index (χ4v) is 1.74. The maximum absolute atomic E-state index is 11.4. The van der Waals surface area contributed by atoms with Crippen LogP contribution < -0.4 is 0 Å². The van der Waals surface area contributed by atoms with E-state index < -0.39 is 5.97 Å².